The van der Waals surface area contributed by atoms with E-state index in [1.165, 1.54) is 11.1 Å². The van der Waals surface area contributed by atoms with Gasteiger partial charge in [0.1, 0.15) is 0 Å². The van der Waals surface area contributed by atoms with E-state index in [4.69, 9.17) is 0 Å². The summed E-state index contributed by atoms with van der Waals surface area (Å²) in [7, 11) is 0. The van der Waals surface area contributed by atoms with Crippen LogP contribution in [0.25, 0.3) is 0 Å². The van der Waals surface area contributed by atoms with Gasteiger partial charge in [0, 0.05) is 36.6 Å². The number of amides is 2. The molecule has 0 aliphatic rings. The molecule has 1 unspecified atom stereocenters. The van der Waals surface area contributed by atoms with Gasteiger partial charge in [0.05, 0.1) is 0 Å². The van der Waals surface area contributed by atoms with Gasteiger partial charge < -0.3 is 15.7 Å². The number of urea groups is 1. The minimum atomic E-state index is -0.259. The maximum absolute atomic E-state index is 12.1. The lowest BCUT2D eigenvalue weighted by atomic mass is 10.0. The van der Waals surface area contributed by atoms with E-state index in [9.17, 15) is 9.90 Å². The Balaban J connectivity index is 1.87. The highest BCUT2D eigenvalue weighted by Crippen LogP contribution is 2.17. The van der Waals surface area contributed by atoms with Crippen LogP contribution in [-0.2, 0) is 19.3 Å². The van der Waals surface area contributed by atoms with E-state index in [-0.39, 0.29) is 18.6 Å². The minimum absolute atomic E-state index is 0.00202. The highest BCUT2D eigenvalue weighted by atomic mass is 16.3. The molecule has 0 fully saturated rings. The van der Waals surface area contributed by atoms with Crippen molar-refractivity contribution in [2.75, 3.05) is 18.5 Å². The second-order valence-corrected chi connectivity index (χ2v) is 6.10. The Kier molecular flexibility index (Phi) is 7.41. The number of aliphatic hydroxyl groups excluding tert-OH is 1. The van der Waals surface area contributed by atoms with Gasteiger partial charge in [-0.25, -0.2) is 4.79 Å². The number of anilines is 1. The summed E-state index contributed by atoms with van der Waals surface area (Å²) in [5.41, 5.74) is 4.26. The van der Waals surface area contributed by atoms with Gasteiger partial charge in [-0.1, -0.05) is 26.0 Å². The van der Waals surface area contributed by atoms with Crippen LogP contribution in [0.4, 0.5) is 10.5 Å². The molecule has 3 N–H and O–H groups in total. The molecule has 0 saturated heterocycles. The van der Waals surface area contributed by atoms with Crippen molar-refractivity contribution in [2.45, 2.75) is 33.1 Å². The number of aliphatic hydroxyl groups is 1. The summed E-state index contributed by atoms with van der Waals surface area (Å²) in [6, 6.07) is 11.5. The number of nitrogens with zero attached hydrogens (tertiary/aromatic N) is 1. The van der Waals surface area contributed by atoms with Crippen LogP contribution < -0.4 is 10.6 Å². The average Bonchev–Trinajstić information content (AvgIpc) is 2.65. The van der Waals surface area contributed by atoms with Crippen molar-refractivity contribution in [3.8, 4) is 0 Å². The topological polar surface area (TPSA) is 74.2 Å². The smallest absolute Gasteiger partial charge is 0.319 e. The zero-order chi connectivity index (χ0) is 18.1. The molecule has 0 bridgehead atoms. The molecule has 134 valence electrons. The van der Waals surface area contributed by atoms with Crippen LogP contribution in [0.1, 0.15) is 30.7 Å². The highest BCUT2D eigenvalue weighted by Gasteiger charge is 2.12. The van der Waals surface area contributed by atoms with E-state index in [1.807, 2.05) is 30.3 Å². The zero-order valence-electron chi connectivity index (χ0n) is 15.0. The van der Waals surface area contributed by atoms with E-state index in [2.05, 4.69) is 35.5 Å². The van der Waals surface area contributed by atoms with Crippen molar-refractivity contribution in [1.29, 1.82) is 0 Å². The lowest BCUT2D eigenvalue weighted by Crippen LogP contribution is -2.35. The molecule has 2 rings (SSSR count). The third kappa shape index (κ3) is 5.87. The predicted octanol–water partition coefficient (Wildman–Crippen LogP) is 3.18. The van der Waals surface area contributed by atoms with E-state index < -0.39 is 0 Å². The summed E-state index contributed by atoms with van der Waals surface area (Å²) in [6.07, 6.45) is 4.29. The van der Waals surface area contributed by atoms with Crippen molar-refractivity contribution in [1.82, 2.24) is 10.3 Å². The minimum Gasteiger partial charge on any atom is -0.396 e. The van der Waals surface area contributed by atoms with Crippen molar-refractivity contribution in [2.24, 2.45) is 5.92 Å². The second-order valence-electron chi connectivity index (χ2n) is 6.10. The molecule has 25 heavy (non-hydrogen) atoms. The number of nitrogens with one attached hydrogen (secondary N) is 2. The van der Waals surface area contributed by atoms with Crippen LogP contribution in [0.5, 0.6) is 0 Å². The lowest BCUT2D eigenvalue weighted by molar-refractivity contribution is 0.217. The molecule has 1 heterocycles. The summed E-state index contributed by atoms with van der Waals surface area (Å²) < 4.78 is 0. The highest BCUT2D eigenvalue weighted by molar-refractivity contribution is 5.89. The predicted molar refractivity (Wildman–Crippen MR) is 101 cm³/mol. The van der Waals surface area contributed by atoms with Crippen LogP contribution in [0, 0.1) is 5.92 Å². The van der Waals surface area contributed by atoms with Crippen LogP contribution in [-0.4, -0.2) is 29.3 Å². The molecule has 1 aromatic heterocycles. The number of hydrogen-bond donors (Lipinski definition) is 3. The summed E-state index contributed by atoms with van der Waals surface area (Å²) in [5, 5.41) is 15.2. The molecule has 0 spiro atoms. The summed E-state index contributed by atoms with van der Waals surface area (Å²) in [6.45, 7) is 4.64. The fraction of sp³-hybridized carbons (Fsp3) is 0.400. The van der Waals surface area contributed by atoms with Crippen LogP contribution >= 0.6 is 0 Å². The monoisotopic (exact) mass is 341 g/mol. The molecular formula is C20H27N3O2. The molecule has 2 aromatic rings. The molecular weight excluding hydrogens is 314 g/mol. The SMILES string of the molecule is CCc1ccc(NC(=O)NCC(CO)Cc2ccccn2)cc1CC. The zero-order valence-corrected chi connectivity index (χ0v) is 15.0. The van der Waals surface area contributed by atoms with Crippen molar-refractivity contribution in [3.05, 3.63) is 59.4 Å². The molecule has 0 radical (unpaired) electrons. The van der Waals surface area contributed by atoms with Gasteiger partial charge in [-0.05, 0) is 54.7 Å². The molecule has 1 aromatic carbocycles. The number of aryl methyl sites for hydroxylation is 2. The standard InChI is InChI=1S/C20H27N3O2/c1-3-16-8-9-19(12-17(16)4-2)23-20(25)22-13-15(14-24)11-18-7-5-6-10-21-18/h5-10,12,15,24H,3-4,11,13-14H2,1-2H3,(H2,22,23,25). The Labute approximate surface area is 149 Å². The molecule has 0 aliphatic carbocycles. The van der Waals surface area contributed by atoms with Gasteiger partial charge in [-0.2, -0.15) is 0 Å². The Morgan fingerprint density at radius 2 is 1.96 bits per heavy atom. The first-order valence-corrected chi connectivity index (χ1v) is 8.83. The molecule has 2 amide bonds. The molecule has 1 atom stereocenters. The van der Waals surface area contributed by atoms with Crippen LogP contribution in [0.15, 0.2) is 42.6 Å². The normalized spacial score (nSPS) is 11.8. The number of hydrogen-bond acceptors (Lipinski definition) is 3. The summed E-state index contributed by atoms with van der Waals surface area (Å²) in [5.74, 6) is -0.0608. The van der Waals surface area contributed by atoms with Crippen molar-refractivity contribution < 1.29 is 9.90 Å². The van der Waals surface area contributed by atoms with Crippen molar-refractivity contribution in [3.63, 3.8) is 0 Å². The first-order valence-electron chi connectivity index (χ1n) is 8.83. The first kappa shape index (κ1) is 18.9. The maximum Gasteiger partial charge on any atom is 0.319 e. The van der Waals surface area contributed by atoms with E-state index in [1.54, 1.807) is 6.20 Å². The number of carbonyl (C=O) groups is 1. The number of aromatic nitrogens is 1. The Hall–Kier alpha value is -2.40. The number of pyridine rings is 1. The average molecular weight is 341 g/mol. The van der Waals surface area contributed by atoms with Gasteiger partial charge in [0.25, 0.3) is 0 Å². The Morgan fingerprint density at radius 3 is 2.60 bits per heavy atom. The van der Waals surface area contributed by atoms with Crippen molar-refractivity contribution >= 4 is 11.7 Å². The lowest BCUT2D eigenvalue weighted by Gasteiger charge is -2.16. The van der Waals surface area contributed by atoms with Gasteiger partial charge in [0.15, 0.2) is 0 Å². The van der Waals surface area contributed by atoms with Crippen LogP contribution in [0.2, 0.25) is 0 Å². The third-order valence-corrected chi connectivity index (χ3v) is 4.26. The van der Waals surface area contributed by atoms with E-state index in [0.29, 0.717) is 13.0 Å². The number of carbonyl (C=O) groups excluding carboxylic acids is 1. The maximum atomic E-state index is 12.1. The molecule has 0 saturated carbocycles. The van der Waals surface area contributed by atoms with Gasteiger partial charge >= 0.3 is 6.03 Å². The fourth-order valence-electron chi connectivity index (χ4n) is 2.81. The number of benzene rings is 1. The molecule has 5 nitrogen and oxygen atoms in total. The summed E-state index contributed by atoms with van der Waals surface area (Å²) in [4.78, 5) is 16.4. The Morgan fingerprint density at radius 1 is 1.16 bits per heavy atom. The molecule has 0 aliphatic heterocycles. The third-order valence-electron chi connectivity index (χ3n) is 4.26. The van der Waals surface area contributed by atoms with Gasteiger partial charge in [-0.3, -0.25) is 4.98 Å². The van der Waals surface area contributed by atoms with E-state index in [0.717, 1.165) is 24.2 Å². The second kappa shape index (κ2) is 9.79. The fourth-order valence-corrected chi connectivity index (χ4v) is 2.81. The quantitative estimate of drug-likeness (QED) is 0.690. The van der Waals surface area contributed by atoms with Gasteiger partial charge in [0.2, 0.25) is 0 Å². The first-order chi connectivity index (χ1) is 12.2. The number of rotatable bonds is 8. The molecule has 5 heteroatoms. The Bertz CT molecular complexity index is 674. The largest absolute Gasteiger partial charge is 0.396 e. The van der Waals surface area contributed by atoms with E-state index >= 15 is 0 Å². The summed E-state index contributed by atoms with van der Waals surface area (Å²) >= 11 is 0. The van der Waals surface area contributed by atoms with Gasteiger partial charge in [-0.15, -0.1) is 0 Å². The van der Waals surface area contributed by atoms with Crippen LogP contribution in [0.3, 0.4) is 0 Å².